The highest BCUT2D eigenvalue weighted by molar-refractivity contribution is 5.88. The van der Waals surface area contributed by atoms with E-state index in [0.717, 1.165) is 50.3 Å². The Kier molecular flexibility index (Phi) is 7.08. The van der Waals surface area contributed by atoms with Crippen LogP contribution in [0.4, 0.5) is 0 Å². The highest BCUT2D eigenvalue weighted by Crippen LogP contribution is 2.58. The normalized spacial score (nSPS) is 13.2. The van der Waals surface area contributed by atoms with Gasteiger partial charge in [-0.3, -0.25) is 0 Å². The number of nitrogens with zero attached hydrogens (tertiary/aromatic N) is 3. The van der Waals surface area contributed by atoms with Crippen molar-refractivity contribution >= 4 is 0 Å². The lowest BCUT2D eigenvalue weighted by Crippen LogP contribution is -2.15. The smallest absolute Gasteiger partial charge is 0.178 e. The van der Waals surface area contributed by atoms with Gasteiger partial charge in [0, 0.05) is 27.7 Å². The molecule has 10 rings (SSSR count). The van der Waals surface area contributed by atoms with Crippen LogP contribution in [0.5, 0.6) is 23.0 Å². The molecule has 0 N–H and O–H groups in total. The highest BCUT2D eigenvalue weighted by atomic mass is 16.6. The SMILES string of the molecule is CC1(C)c2ccccc2-c2c1ccc1c2Oc2cc(-c3nc(-c4cccc(-c5ccccc5)c4)nc(-c4cccc(-c5ccccc5)c4)n3)ccc2O1. The summed E-state index contributed by atoms with van der Waals surface area (Å²) in [4.78, 5) is 15.3. The molecule has 53 heavy (non-hydrogen) atoms. The van der Waals surface area contributed by atoms with E-state index in [-0.39, 0.29) is 5.41 Å². The van der Waals surface area contributed by atoms with E-state index < -0.39 is 0 Å². The molecule has 7 aromatic carbocycles. The fraction of sp³-hybridized carbons (Fsp3) is 0.0625. The fourth-order valence-electron chi connectivity index (χ4n) is 7.66. The molecule has 1 aromatic heterocycles. The molecule has 0 atom stereocenters. The summed E-state index contributed by atoms with van der Waals surface area (Å²) >= 11 is 0. The van der Waals surface area contributed by atoms with Gasteiger partial charge in [-0.15, -0.1) is 0 Å². The molecule has 0 saturated heterocycles. The molecule has 252 valence electrons. The predicted molar refractivity (Wildman–Crippen MR) is 211 cm³/mol. The standard InChI is InChI=1S/C48H33N3O2/c1-48(2)38-22-10-9-21-37(38)43-39(48)24-26-41-44(43)53-42-29-36(23-25-40(42)52-41)47-50-45(34-19-11-17-32(27-34)30-13-5-3-6-14-30)49-46(51-47)35-20-12-18-33(28-35)31-15-7-4-8-16-31/h3-29H,1-2H3. The molecule has 0 spiro atoms. The zero-order chi connectivity index (χ0) is 35.5. The fourth-order valence-corrected chi connectivity index (χ4v) is 7.66. The lowest BCUT2D eigenvalue weighted by molar-refractivity contribution is 0.360. The predicted octanol–water partition coefficient (Wildman–Crippen LogP) is 12.4. The van der Waals surface area contributed by atoms with Crippen LogP contribution in [0.15, 0.2) is 164 Å². The van der Waals surface area contributed by atoms with Gasteiger partial charge in [-0.1, -0.05) is 141 Å². The molecule has 2 heterocycles. The van der Waals surface area contributed by atoms with E-state index >= 15 is 0 Å². The topological polar surface area (TPSA) is 57.1 Å². The van der Waals surface area contributed by atoms with Gasteiger partial charge < -0.3 is 9.47 Å². The largest absolute Gasteiger partial charge is 0.449 e. The number of aromatic nitrogens is 3. The Bertz CT molecular complexity index is 2600. The van der Waals surface area contributed by atoms with Crippen LogP contribution in [0.1, 0.15) is 25.0 Å². The van der Waals surface area contributed by atoms with Gasteiger partial charge in [0.2, 0.25) is 0 Å². The summed E-state index contributed by atoms with van der Waals surface area (Å²) < 4.78 is 13.3. The summed E-state index contributed by atoms with van der Waals surface area (Å²) in [5, 5.41) is 0. The van der Waals surface area contributed by atoms with Crippen molar-refractivity contribution in [3.8, 4) is 90.5 Å². The molecule has 0 saturated carbocycles. The van der Waals surface area contributed by atoms with Crippen LogP contribution >= 0.6 is 0 Å². The molecular formula is C48H33N3O2. The van der Waals surface area contributed by atoms with Gasteiger partial charge in [-0.2, -0.15) is 0 Å². The first-order chi connectivity index (χ1) is 26.0. The van der Waals surface area contributed by atoms with Crippen LogP contribution in [-0.2, 0) is 5.41 Å². The number of benzene rings is 7. The first-order valence-electron chi connectivity index (χ1n) is 17.8. The third kappa shape index (κ3) is 5.28. The van der Waals surface area contributed by atoms with Crippen molar-refractivity contribution in [1.29, 1.82) is 0 Å². The lowest BCUT2D eigenvalue weighted by atomic mass is 9.82. The van der Waals surface area contributed by atoms with Crippen molar-refractivity contribution in [2.75, 3.05) is 0 Å². The maximum absolute atomic E-state index is 6.80. The zero-order valence-corrected chi connectivity index (χ0v) is 29.2. The number of ether oxygens (including phenoxy) is 2. The van der Waals surface area contributed by atoms with Gasteiger partial charge in [-0.25, -0.2) is 15.0 Å². The maximum Gasteiger partial charge on any atom is 0.178 e. The van der Waals surface area contributed by atoms with E-state index in [0.29, 0.717) is 34.7 Å². The van der Waals surface area contributed by atoms with Crippen molar-refractivity contribution in [2.45, 2.75) is 19.3 Å². The van der Waals surface area contributed by atoms with E-state index in [9.17, 15) is 0 Å². The second-order valence-corrected chi connectivity index (χ2v) is 14.1. The first kappa shape index (κ1) is 30.9. The van der Waals surface area contributed by atoms with Crippen molar-refractivity contribution in [3.63, 3.8) is 0 Å². The van der Waals surface area contributed by atoms with Crippen LogP contribution < -0.4 is 9.47 Å². The number of hydrogen-bond donors (Lipinski definition) is 0. The van der Waals surface area contributed by atoms with Crippen molar-refractivity contribution in [2.24, 2.45) is 0 Å². The molecule has 8 aromatic rings. The quantitative estimate of drug-likeness (QED) is 0.181. The van der Waals surface area contributed by atoms with Crippen molar-refractivity contribution in [1.82, 2.24) is 15.0 Å². The number of rotatable bonds is 5. The third-order valence-corrected chi connectivity index (χ3v) is 10.4. The Hall–Kier alpha value is -6.85. The molecule has 1 aliphatic heterocycles. The third-order valence-electron chi connectivity index (χ3n) is 10.4. The average molecular weight is 684 g/mol. The Morgan fingerprint density at radius 2 is 0.887 bits per heavy atom. The molecular weight excluding hydrogens is 651 g/mol. The summed E-state index contributed by atoms with van der Waals surface area (Å²) in [5.74, 6) is 4.42. The van der Waals surface area contributed by atoms with Crippen LogP contribution in [0.3, 0.4) is 0 Å². The molecule has 0 radical (unpaired) electrons. The van der Waals surface area contributed by atoms with Gasteiger partial charge in [-0.05, 0) is 75.3 Å². The molecule has 5 nitrogen and oxygen atoms in total. The summed E-state index contributed by atoms with van der Waals surface area (Å²) in [6.07, 6.45) is 0. The van der Waals surface area contributed by atoms with E-state index in [1.54, 1.807) is 0 Å². The van der Waals surface area contributed by atoms with E-state index in [4.69, 9.17) is 24.4 Å². The molecule has 0 fully saturated rings. The Balaban J connectivity index is 1.10. The molecule has 2 aliphatic rings. The Morgan fingerprint density at radius 3 is 1.51 bits per heavy atom. The zero-order valence-electron chi connectivity index (χ0n) is 29.2. The van der Waals surface area contributed by atoms with Crippen LogP contribution in [0, 0.1) is 0 Å². The number of fused-ring (bicyclic) bond motifs is 6. The average Bonchev–Trinajstić information content (AvgIpc) is 3.46. The molecule has 5 heteroatoms. The van der Waals surface area contributed by atoms with Gasteiger partial charge in [0.15, 0.2) is 40.5 Å². The van der Waals surface area contributed by atoms with Gasteiger partial charge in [0.05, 0.1) is 0 Å². The molecule has 0 amide bonds. The van der Waals surface area contributed by atoms with Crippen LogP contribution in [-0.4, -0.2) is 15.0 Å². The van der Waals surface area contributed by atoms with Crippen LogP contribution in [0.25, 0.3) is 67.5 Å². The Morgan fingerprint density at radius 1 is 0.377 bits per heavy atom. The lowest BCUT2D eigenvalue weighted by Gasteiger charge is -2.25. The summed E-state index contributed by atoms with van der Waals surface area (Å²) in [7, 11) is 0. The second-order valence-electron chi connectivity index (χ2n) is 14.1. The van der Waals surface area contributed by atoms with E-state index in [2.05, 4.69) is 141 Å². The molecule has 1 aliphatic carbocycles. The Labute approximate surface area is 308 Å². The highest BCUT2D eigenvalue weighted by Gasteiger charge is 2.39. The van der Waals surface area contributed by atoms with Crippen molar-refractivity contribution < 1.29 is 9.47 Å². The maximum atomic E-state index is 6.80. The minimum Gasteiger partial charge on any atom is -0.449 e. The van der Waals surface area contributed by atoms with E-state index in [1.807, 2.05) is 36.4 Å². The summed E-state index contributed by atoms with van der Waals surface area (Å²) in [5.41, 5.74) is 11.7. The second kappa shape index (κ2) is 12.1. The minimum atomic E-state index is -0.153. The van der Waals surface area contributed by atoms with Crippen LogP contribution in [0.2, 0.25) is 0 Å². The van der Waals surface area contributed by atoms with E-state index in [1.165, 1.54) is 16.7 Å². The van der Waals surface area contributed by atoms with Gasteiger partial charge in [0.1, 0.15) is 0 Å². The molecule has 0 bridgehead atoms. The summed E-state index contributed by atoms with van der Waals surface area (Å²) in [6.45, 7) is 4.53. The van der Waals surface area contributed by atoms with Gasteiger partial charge >= 0.3 is 0 Å². The number of hydrogen-bond acceptors (Lipinski definition) is 5. The minimum absolute atomic E-state index is 0.153. The van der Waals surface area contributed by atoms with Crippen molar-refractivity contribution in [3.05, 3.63) is 175 Å². The van der Waals surface area contributed by atoms with Gasteiger partial charge in [0.25, 0.3) is 0 Å². The molecule has 0 unspecified atom stereocenters. The monoisotopic (exact) mass is 683 g/mol. The first-order valence-corrected chi connectivity index (χ1v) is 17.8. The summed E-state index contributed by atoms with van der Waals surface area (Å²) in [6, 6.07) is 56.1.